The predicted octanol–water partition coefficient (Wildman–Crippen LogP) is 1.39. The summed E-state index contributed by atoms with van der Waals surface area (Å²) in [6.07, 6.45) is 0.919. The second-order valence-corrected chi connectivity index (χ2v) is 7.26. The summed E-state index contributed by atoms with van der Waals surface area (Å²) < 4.78 is 26.1. The summed E-state index contributed by atoms with van der Waals surface area (Å²) in [6, 6.07) is 6.55. The molecule has 0 aliphatic carbocycles. The smallest absolute Gasteiger partial charge is 0.243 e. The van der Waals surface area contributed by atoms with Gasteiger partial charge in [0.25, 0.3) is 0 Å². The molecule has 17 heavy (non-hydrogen) atoms. The van der Waals surface area contributed by atoms with Crippen molar-refractivity contribution in [2.24, 2.45) is 0 Å². The number of nitrogens with two attached hydrogens (primary N) is 1. The molecule has 94 valence electrons. The van der Waals surface area contributed by atoms with Crippen LogP contribution in [0.25, 0.3) is 0 Å². The van der Waals surface area contributed by atoms with Gasteiger partial charge in [-0.3, -0.25) is 0 Å². The molecule has 0 spiro atoms. The van der Waals surface area contributed by atoms with Crippen molar-refractivity contribution in [3.05, 3.63) is 24.3 Å². The highest BCUT2D eigenvalue weighted by atomic mass is 32.2. The van der Waals surface area contributed by atoms with Gasteiger partial charge in [-0.2, -0.15) is 16.1 Å². The van der Waals surface area contributed by atoms with Gasteiger partial charge in [-0.1, -0.05) is 6.07 Å². The molecule has 0 saturated carbocycles. The van der Waals surface area contributed by atoms with Gasteiger partial charge in [0.2, 0.25) is 10.0 Å². The third-order valence-electron chi connectivity index (χ3n) is 2.95. The van der Waals surface area contributed by atoms with Gasteiger partial charge in [0.15, 0.2) is 0 Å². The fourth-order valence-electron chi connectivity index (χ4n) is 1.85. The van der Waals surface area contributed by atoms with Crippen LogP contribution in [0.15, 0.2) is 29.2 Å². The lowest BCUT2D eigenvalue weighted by Crippen LogP contribution is -2.36. The largest absolute Gasteiger partial charge is 0.399 e. The SMILES string of the molecule is CN(C1CCSC1)S(=O)(=O)c1cccc(N)c1. The topological polar surface area (TPSA) is 63.4 Å². The quantitative estimate of drug-likeness (QED) is 0.845. The van der Waals surface area contributed by atoms with Crippen LogP contribution in [0.3, 0.4) is 0 Å². The molecule has 2 rings (SSSR count). The van der Waals surface area contributed by atoms with Crippen molar-refractivity contribution in [1.82, 2.24) is 4.31 Å². The molecule has 1 unspecified atom stereocenters. The molecule has 4 nitrogen and oxygen atoms in total. The second kappa shape index (κ2) is 4.88. The molecule has 0 aromatic heterocycles. The number of hydrogen-bond donors (Lipinski definition) is 1. The van der Waals surface area contributed by atoms with Crippen molar-refractivity contribution in [2.75, 3.05) is 24.3 Å². The third-order valence-corrected chi connectivity index (χ3v) is 6.01. The Kier molecular flexibility index (Phi) is 3.65. The first-order chi connectivity index (χ1) is 8.01. The minimum atomic E-state index is -3.40. The predicted molar refractivity (Wildman–Crippen MR) is 71.5 cm³/mol. The minimum Gasteiger partial charge on any atom is -0.399 e. The zero-order valence-corrected chi connectivity index (χ0v) is 11.3. The molecular weight excluding hydrogens is 256 g/mol. The molecule has 0 radical (unpaired) electrons. The Morgan fingerprint density at radius 3 is 2.82 bits per heavy atom. The second-order valence-electron chi connectivity index (χ2n) is 4.11. The number of sulfonamides is 1. The normalized spacial score (nSPS) is 20.9. The number of hydrogen-bond acceptors (Lipinski definition) is 4. The summed E-state index contributed by atoms with van der Waals surface area (Å²) in [5.74, 6) is 1.90. The zero-order chi connectivity index (χ0) is 12.5. The Hall–Kier alpha value is -0.720. The highest BCUT2D eigenvalue weighted by Gasteiger charge is 2.30. The van der Waals surface area contributed by atoms with E-state index < -0.39 is 10.0 Å². The maximum Gasteiger partial charge on any atom is 0.243 e. The standard InChI is InChI=1S/C11H16N2O2S2/c1-13(10-5-6-16-8-10)17(14,15)11-4-2-3-9(12)7-11/h2-4,7,10H,5-6,8,12H2,1H3. The van der Waals surface area contributed by atoms with Gasteiger partial charge < -0.3 is 5.73 Å². The highest BCUT2D eigenvalue weighted by molar-refractivity contribution is 7.99. The summed E-state index contributed by atoms with van der Waals surface area (Å²) in [7, 11) is -1.76. The van der Waals surface area contributed by atoms with Crippen LogP contribution in [0, 0.1) is 0 Å². The molecule has 1 aromatic rings. The summed E-state index contributed by atoms with van der Waals surface area (Å²) >= 11 is 1.79. The summed E-state index contributed by atoms with van der Waals surface area (Å²) in [5.41, 5.74) is 6.09. The monoisotopic (exact) mass is 272 g/mol. The van der Waals surface area contributed by atoms with E-state index in [9.17, 15) is 8.42 Å². The van der Waals surface area contributed by atoms with Gasteiger partial charge >= 0.3 is 0 Å². The Bertz CT molecular complexity index is 496. The average molecular weight is 272 g/mol. The maximum atomic E-state index is 12.3. The van der Waals surface area contributed by atoms with Gasteiger partial charge in [-0.25, -0.2) is 8.42 Å². The Labute approximate surface area is 106 Å². The molecule has 1 fully saturated rings. The first kappa shape index (κ1) is 12.7. The molecule has 1 atom stereocenters. The van der Waals surface area contributed by atoms with Gasteiger partial charge in [0, 0.05) is 24.5 Å². The Morgan fingerprint density at radius 1 is 1.47 bits per heavy atom. The molecule has 0 bridgehead atoms. The number of anilines is 1. The summed E-state index contributed by atoms with van der Waals surface area (Å²) in [6.45, 7) is 0. The number of rotatable bonds is 3. The van der Waals surface area contributed by atoms with Crippen molar-refractivity contribution in [2.45, 2.75) is 17.4 Å². The van der Waals surface area contributed by atoms with Crippen LogP contribution in [-0.2, 0) is 10.0 Å². The summed E-state index contributed by atoms with van der Waals surface area (Å²) in [5, 5.41) is 0. The van der Waals surface area contributed by atoms with Crippen molar-refractivity contribution < 1.29 is 8.42 Å². The Balaban J connectivity index is 2.29. The van der Waals surface area contributed by atoms with Crippen LogP contribution in [0.1, 0.15) is 6.42 Å². The molecule has 1 heterocycles. The lowest BCUT2D eigenvalue weighted by molar-refractivity contribution is 0.394. The van der Waals surface area contributed by atoms with E-state index in [4.69, 9.17) is 5.73 Å². The lowest BCUT2D eigenvalue weighted by atomic mass is 10.3. The number of nitrogen functional groups attached to an aromatic ring is 1. The molecule has 1 aromatic carbocycles. The van der Waals surface area contributed by atoms with E-state index in [-0.39, 0.29) is 10.9 Å². The lowest BCUT2D eigenvalue weighted by Gasteiger charge is -2.23. The molecule has 0 amide bonds. The molecule has 6 heteroatoms. The highest BCUT2D eigenvalue weighted by Crippen LogP contribution is 2.26. The van der Waals surface area contributed by atoms with Gasteiger partial charge in [-0.05, 0) is 30.4 Å². The van der Waals surface area contributed by atoms with Crippen molar-refractivity contribution >= 4 is 27.5 Å². The van der Waals surface area contributed by atoms with Crippen molar-refractivity contribution in [3.8, 4) is 0 Å². The van der Waals surface area contributed by atoms with E-state index in [2.05, 4.69) is 0 Å². The van der Waals surface area contributed by atoms with Crippen LogP contribution in [0.2, 0.25) is 0 Å². The molecule has 1 aliphatic rings. The van der Waals surface area contributed by atoms with Crippen LogP contribution >= 0.6 is 11.8 Å². The molecule has 1 aliphatic heterocycles. The van der Waals surface area contributed by atoms with Crippen LogP contribution in [0.4, 0.5) is 5.69 Å². The molecule has 1 saturated heterocycles. The first-order valence-corrected chi connectivity index (χ1v) is 8.02. The van der Waals surface area contributed by atoms with E-state index in [0.717, 1.165) is 17.9 Å². The first-order valence-electron chi connectivity index (χ1n) is 5.43. The van der Waals surface area contributed by atoms with Crippen molar-refractivity contribution in [3.63, 3.8) is 0 Å². The fraction of sp³-hybridized carbons (Fsp3) is 0.455. The third kappa shape index (κ3) is 2.59. The maximum absolute atomic E-state index is 12.3. The van der Waals surface area contributed by atoms with Crippen LogP contribution in [0.5, 0.6) is 0 Å². The van der Waals surface area contributed by atoms with E-state index in [1.807, 2.05) is 0 Å². The molecule has 2 N–H and O–H groups in total. The molecular formula is C11H16N2O2S2. The summed E-state index contributed by atoms with van der Waals surface area (Å²) in [4.78, 5) is 0.275. The van der Waals surface area contributed by atoms with Crippen LogP contribution < -0.4 is 5.73 Å². The van der Waals surface area contributed by atoms with E-state index >= 15 is 0 Å². The number of benzene rings is 1. The minimum absolute atomic E-state index is 0.103. The van der Waals surface area contributed by atoms with Crippen molar-refractivity contribution in [1.29, 1.82) is 0 Å². The number of thioether (sulfide) groups is 1. The van der Waals surface area contributed by atoms with E-state index in [1.54, 1.807) is 37.0 Å². The van der Waals surface area contributed by atoms with Gasteiger partial charge in [-0.15, -0.1) is 0 Å². The number of nitrogens with zero attached hydrogens (tertiary/aromatic N) is 1. The van der Waals surface area contributed by atoms with E-state index in [1.165, 1.54) is 10.4 Å². The van der Waals surface area contributed by atoms with Gasteiger partial charge in [0.1, 0.15) is 0 Å². The van der Waals surface area contributed by atoms with Gasteiger partial charge in [0.05, 0.1) is 4.90 Å². The van der Waals surface area contributed by atoms with Crippen LogP contribution in [-0.4, -0.2) is 37.3 Å². The van der Waals surface area contributed by atoms with E-state index in [0.29, 0.717) is 5.69 Å². The zero-order valence-electron chi connectivity index (χ0n) is 9.67. The fourth-order valence-corrected chi connectivity index (χ4v) is 4.65. The Morgan fingerprint density at radius 2 is 2.24 bits per heavy atom. The average Bonchev–Trinajstić information content (AvgIpc) is 2.81.